The molecule has 1 saturated heterocycles. The van der Waals surface area contributed by atoms with Crippen LogP contribution in [0.3, 0.4) is 0 Å². The van der Waals surface area contributed by atoms with Crippen molar-refractivity contribution < 1.29 is 27.5 Å². The predicted molar refractivity (Wildman–Crippen MR) is 72.2 cm³/mol. The van der Waals surface area contributed by atoms with E-state index < -0.39 is 24.0 Å². The molecule has 1 aliphatic rings. The van der Waals surface area contributed by atoms with Crippen LogP contribution in [0.5, 0.6) is 0 Å². The number of aliphatic carboxylic acids is 1. The van der Waals surface area contributed by atoms with E-state index in [4.69, 9.17) is 9.52 Å². The Morgan fingerprint density at radius 2 is 2.09 bits per heavy atom. The van der Waals surface area contributed by atoms with Gasteiger partial charge in [-0.1, -0.05) is 18.2 Å². The number of alkyl halides is 3. The molecule has 0 aliphatic carbocycles. The number of furan rings is 1. The van der Waals surface area contributed by atoms with Crippen molar-refractivity contribution in [2.24, 2.45) is 11.8 Å². The molecule has 0 bridgehead atoms. The fraction of sp³-hybridized carbons (Fsp3) is 0.400. The Balaban J connectivity index is 1.82. The van der Waals surface area contributed by atoms with Crippen molar-refractivity contribution >= 4 is 16.9 Å². The second kappa shape index (κ2) is 5.31. The minimum absolute atomic E-state index is 0.114. The van der Waals surface area contributed by atoms with E-state index in [0.29, 0.717) is 5.58 Å². The van der Waals surface area contributed by atoms with Gasteiger partial charge in [0, 0.05) is 30.6 Å². The first-order valence-corrected chi connectivity index (χ1v) is 6.83. The van der Waals surface area contributed by atoms with Gasteiger partial charge in [-0.25, -0.2) is 0 Å². The monoisotopic (exact) mass is 313 g/mol. The predicted octanol–water partition coefficient (Wildman–Crippen LogP) is 3.13. The largest absolute Gasteiger partial charge is 0.481 e. The maximum absolute atomic E-state index is 13.0. The minimum Gasteiger partial charge on any atom is -0.481 e. The van der Waals surface area contributed by atoms with Crippen molar-refractivity contribution in [2.75, 3.05) is 13.1 Å². The third-order valence-corrected chi connectivity index (χ3v) is 4.09. The van der Waals surface area contributed by atoms with Crippen LogP contribution in [0.15, 0.2) is 34.9 Å². The second-order valence-corrected chi connectivity index (χ2v) is 5.54. The summed E-state index contributed by atoms with van der Waals surface area (Å²) >= 11 is 0. The normalized spacial score (nSPS) is 23.2. The highest BCUT2D eigenvalue weighted by molar-refractivity contribution is 5.80. The molecule has 4 nitrogen and oxygen atoms in total. The van der Waals surface area contributed by atoms with Gasteiger partial charge in [-0.2, -0.15) is 13.2 Å². The Bertz CT molecular complexity index is 695. The molecule has 0 radical (unpaired) electrons. The number of hydrogen-bond acceptors (Lipinski definition) is 3. The number of nitrogens with zero attached hydrogens (tertiary/aromatic N) is 1. The highest BCUT2D eigenvalue weighted by atomic mass is 19.4. The Hall–Kier alpha value is -2.02. The molecular weight excluding hydrogens is 299 g/mol. The molecule has 0 spiro atoms. The van der Waals surface area contributed by atoms with Gasteiger partial charge in [0.05, 0.1) is 18.1 Å². The van der Waals surface area contributed by atoms with Gasteiger partial charge < -0.3 is 9.52 Å². The summed E-state index contributed by atoms with van der Waals surface area (Å²) in [7, 11) is 0. The van der Waals surface area contributed by atoms with Gasteiger partial charge in [-0.3, -0.25) is 9.69 Å². The molecule has 3 rings (SSSR count). The van der Waals surface area contributed by atoms with E-state index in [-0.39, 0.29) is 19.6 Å². The van der Waals surface area contributed by atoms with E-state index >= 15 is 0 Å². The summed E-state index contributed by atoms with van der Waals surface area (Å²) in [5.41, 5.74) is 1.39. The number of benzene rings is 1. The Morgan fingerprint density at radius 1 is 1.32 bits per heavy atom. The Kier molecular flexibility index (Phi) is 3.60. The number of hydrogen-bond donors (Lipinski definition) is 1. The smallest absolute Gasteiger partial charge is 0.393 e. The zero-order valence-corrected chi connectivity index (χ0v) is 11.5. The zero-order chi connectivity index (χ0) is 15.9. The van der Waals surface area contributed by atoms with Crippen LogP contribution >= 0.6 is 0 Å². The van der Waals surface area contributed by atoms with Crippen molar-refractivity contribution in [3.63, 3.8) is 0 Å². The summed E-state index contributed by atoms with van der Waals surface area (Å²) in [5.74, 6) is -4.65. The van der Waals surface area contributed by atoms with Gasteiger partial charge in [0.15, 0.2) is 0 Å². The maximum atomic E-state index is 13.0. The molecule has 2 atom stereocenters. The summed E-state index contributed by atoms with van der Waals surface area (Å²) in [6.07, 6.45) is -2.98. The molecule has 118 valence electrons. The van der Waals surface area contributed by atoms with Crippen molar-refractivity contribution in [2.45, 2.75) is 12.7 Å². The number of likely N-dealkylation sites (tertiary alicyclic amines) is 1. The zero-order valence-electron chi connectivity index (χ0n) is 11.5. The number of fused-ring (bicyclic) bond motifs is 1. The lowest BCUT2D eigenvalue weighted by Crippen LogP contribution is -2.33. The summed E-state index contributed by atoms with van der Waals surface area (Å²) in [5, 5.41) is 9.90. The lowest BCUT2D eigenvalue weighted by atomic mass is 9.96. The summed E-state index contributed by atoms with van der Waals surface area (Å²) in [6.45, 7) is -0.185. The van der Waals surface area contributed by atoms with E-state index in [0.717, 1.165) is 10.9 Å². The molecule has 2 aromatic rings. The van der Waals surface area contributed by atoms with Crippen LogP contribution in [0, 0.1) is 11.8 Å². The highest BCUT2D eigenvalue weighted by Gasteiger charge is 2.52. The average molecular weight is 313 g/mol. The van der Waals surface area contributed by atoms with Crippen molar-refractivity contribution in [1.29, 1.82) is 0 Å². The summed E-state index contributed by atoms with van der Waals surface area (Å²) in [4.78, 5) is 12.6. The van der Waals surface area contributed by atoms with E-state index in [1.165, 1.54) is 11.2 Å². The number of carbonyl (C=O) groups is 1. The highest BCUT2D eigenvalue weighted by Crippen LogP contribution is 2.38. The fourth-order valence-electron chi connectivity index (χ4n) is 3.02. The van der Waals surface area contributed by atoms with E-state index in [1.807, 2.05) is 6.07 Å². The summed E-state index contributed by atoms with van der Waals surface area (Å²) < 4.78 is 44.3. The van der Waals surface area contributed by atoms with E-state index in [1.54, 1.807) is 18.2 Å². The van der Waals surface area contributed by atoms with Crippen LogP contribution in [0.1, 0.15) is 5.56 Å². The fourth-order valence-corrected chi connectivity index (χ4v) is 3.02. The molecule has 7 heteroatoms. The van der Waals surface area contributed by atoms with Crippen molar-refractivity contribution in [3.8, 4) is 0 Å². The first-order chi connectivity index (χ1) is 10.4. The molecule has 1 aromatic carbocycles. The molecular formula is C15H14F3NO3. The van der Waals surface area contributed by atoms with Gasteiger partial charge in [0.1, 0.15) is 5.58 Å². The molecule has 0 unspecified atom stereocenters. The van der Waals surface area contributed by atoms with Crippen LogP contribution in [0.25, 0.3) is 11.0 Å². The Labute approximate surface area is 124 Å². The first-order valence-electron chi connectivity index (χ1n) is 6.83. The quantitative estimate of drug-likeness (QED) is 0.946. The van der Waals surface area contributed by atoms with Gasteiger partial charge in [-0.05, 0) is 6.07 Å². The van der Waals surface area contributed by atoms with E-state index in [9.17, 15) is 18.0 Å². The molecule has 22 heavy (non-hydrogen) atoms. The van der Waals surface area contributed by atoms with Crippen LogP contribution in [-0.4, -0.2) is 35.2 Å². The van der Waals surface area contributed by atoms with Gasteiger partial charge >= 0.3 is 12.1 Å². The van der Waals surface area contributed by atoms with E-state index in [2.05, 4.69) is 0 Å². The maximum Gasteiger partial charge on any atom is 0.393 e. The second-order valence-electron chi connectivity index (χ2n) is 5.54. The molecule has 1 aliphatic heterocycles. The molecule has 1 fully saturated rings. The molecule has 0 amide bonds. The average Bonchev–Trinajstić information content (AvgIpc) is 3.04. The van der Waals surface area contributed by atoms with Gasteiger partial charge in [0.2, 0.25) is 0 Å². The van der Waals surface area contributed by atoms with Crippen LogP contribution in [0.2, 0.25) is 0 Å². The van der Waals surface area contributed by atoms with Gasteiger partial charge in [-0.15, -0.1) is 0 Å². The Morgan fingerprint density at radius 3 is 2.73 bits per heavy atom. The van der Waals surface area contributed by atoms with Crippen LogP contribution in [0.4, 0.5) is 13.2 Å². The standard InChI is InChI=1S/C15H14F3NO3/c16-15(17,18)12-8-19(7-11(12)14(20)21)6-10-3-1-2-9-4-5-22-13(9)10/h1-5,11-12H,6-8H2,(H,20,21)/t11-,12-/m1/s1. The number of rotatable bonds is 3. The number of carboxylic acids is 1. The van der Waals surface area contributed by atoms with Crippen LogP contribution in [-0.2, 0) is 11.3 Å². The lowest BCUT2D eigenvalue weighted by molar-refractivity contribution is -0.188. The molecule has 1 aromatic heterocycles. The first kappa shape index (κ1) is 14.9. The molecule has 0 saturated carbocycles. The van der Waals surface area contributed by atoms with Crippen molar-refractivity contribution in [1.82, 2.24) is 4.90 Å². The van der Waals surface area contributed by atoms with Crippen LogP contribution < -0.4 is 0 Å². The lowest BCUT2D eigenvalue weighted by Gasteiger charge is -2.18. The minimum atomic E-state index is -4.51. The summed E-state index contributed by atoms with van der Waals surface area (Å²) in [6, 6.07) is 7.22. The van der Waals surface area contributed by atoms with Gasteiger partial charge in [0.25, 0.3) is 0 Å². The third kappa shape index (κ3) is 2.68. The molecule has 2 heterocycles. The third-order valence-electron chi connectivity index (χ3n) is 4.09. The SMILES string of the molecule is O=C(O)[C@@H]1CN(Cc2cccc3ccoc23)C[C@H]1C(F)(F)F. The molecule has 1 N–H and O–H groups in total. The number of halogens is 3. The topological polar surface area (TPSA) is 53.7 Å². The van der Waals surface area contributed by atoms with Crippen molar-refractivity contribution in [3.05, 3.63) is 36.1 Å². The number of carboxylic acid groups (broad SMARTS) is 1. The number of para-hydroxylation sites is 1.